The molecule has 0 aliphatic carbocycles. The van der Waals surface area contributed by atoms with Gasteiger partial charge < -0.3 is 10.0 Å². The standard InChI is InChI=1S/C25H36FN3O.C7H7N.2C2H6/c1-3-5-8-21-19-23(30)20-25(24(21)4-2)29-17-15-28(16-18-29)22-9-13-27(14-10-22)12-7-6-11-26;1-7-4-2-3-5-8-6-7;2*1-2/h3,5-8,19-20,22,30H,1,4,9-18H2,2H3;3-5H,1,6H2;2*1-2H3/b7-6-,8-5-;;;. The topological polar surface area (TPSA) is 42.3 Å². The molecule has 1 aromatic rings. The number of alkyl halides is 1. The van der Waals surface area contributed by atoms with Gasteiger partial charge in [0.15, 0.2) is 0 Å². The summed E-state index contributed by atoms with van der Waals surface area (Å²) >= 11 is 0. The SMILES string of the molecule is C=C/C=C\c1cc(O)cc(N2CCN(C3CCN(C/C=C\CF)CC3)CC2)c1CC.C=C1C=C=CC=NC1.CC.CC. The van der Waals surface area contributed by atoms with Gasteiger partial charge in [0.25, 0.3) is 0 Å². The highest BCUT2D eigenvalue weighted by molar-refractivity contribution is 5.71. The highest BCUT2D eigenvalue weighted by atomic mass is 19.1. The number of aliphatic imine (C=N–C) groups is 1. The number of rotatable bonds is 8. The quantitative estimate of drug-likeness (QED) is 0.195. The Kier molecular flexibility index (Phi) is 19.7. The van der Waals surface area contributed by atoms with Crippen LogP contribution in [0.4, 0.5) is 10.1 Å². The number of phenols is 1. The fraction of sp³-hybridized carbons (Fsp3) is 0.500. The lowest BCUT2D eigenvalue weighted by atomic mass is 9.99. The largest absolute Gasteiger partial charge is 0.508 e. The van der Waals surface area contributed by atoms with Gasteiger partial charge in [-0.2, -0.15) is 0 Å². The van der Waals surface area contributed by atoms with Gasteiger partial charge in [0.2, 0.25) is 0 Å². The average molecular weight is 579 g/mol. The maximum atomic E-state index is 12.2. The fourth-order valence-electron chi connectivity index (χ4n) is 5.21. The number of phenolic OH excluding ortho intramolecular Hbond substituents is 1. The van der Waals surface area contributed by atoms with E-state index in [1.54, 1.807) is 24.4 Å². The molecule has 0 amide bonds. The highest BCUT2D eigenvalue weighted by Crippen LogP contribution is 2.32. The molecule has 42 heavy (non-hydrogen) atoms. The van der Waals surface area contributed by atoms with Crippen molar-refractivity contribution in [1.29, 1.82) is 0 Å². The van der Waals surface area contributed by atoms with Crippen molar-refractivity contribution in [2.75, 3.05) is 63.9 Å². The van der Waals surface area contributed by atoms with Crippen molar-refractivity contribution in [3.8, 4) is 5.75 Å². The summed E-state index contributed by atoms with van der Waals surface area (Å²) in [6.45, 7) is 25.1. The van der Waals surface area contributed by atoms with E-state index < -0.39 is 0 Å². The van der Waals surface area contributed by atoms with E-state index in [1.165, 1.54) is 18.4 Å². The summed E-state index contributed by atoms with van der Waals surface area (Å²) in [5, 5.41) is 10.3. The van der Waals surface area contributed by atoms with Gasteiger partial charge >= 0.3 is 0 Å². The fourth-order valence-corrected chi connectivity index (χ4v) is 5.21. The number of nitrogens with zero attached hydrogens (tertiary/aromatic N) is 4. The molecule has 2 fully saturated rings. The Morgan fingerprint density at radius 3 is 2.36 bits per heavy atom. The smallest absolute Gasteiger partial charge is 0.118 e. The van der Waals surface area contributed by atoms with Crippen molar-refractivity contribution < 1.29 is 9.50 Å². The first-order chi connectivity index (χ1) is 20.5. The molecule has 232 valence electrons. The van der Waals surface area contributed by atoms with Gasteiger partial charge in [-0.05, 0) is 67.3 Å². The van der Waals surface area contributed by atoms with Crippen LogP contribution in [-0.4, -0.2) is 86.2 Å². The molecular formula is C36H55FN4O. The number of allylic oxidation sites excluding steroid dienone is 3. The number of halogens is 1. The number of piperidine rings is 1. The third-order valence-corrected chi connectivity index (χ3v) is 7.22. The predicted octanol–water partition coefficient (Wildman–Crippen LogP) is 7.66. The first-order valence-corrected chi connectivity index (χ1v) is 15.7. The van der Waals surface area contributed by atoms with Gasteiger partial charge in [0.05, 0.1) is 6.54 Å². The minimum absolute atomic E-state index is 0.322. The Balaban J connectivity index is 0.000000620. The Morgan fingerprint density at radius 2 is 1.74 bits per heavy atom. The lowest BCUT2D eigenvalue weighted by Crippen LogP contribution is -2.53. The molecule has 1 aromatic carbocycles. The molecule has 0 spiro atoms. The van der Waals surface area contributed by atoms with Gasteiger partial charge in [0.1, 0.15) is 12.4 Å². The lowest BCUT2D eigenvalue weighted by molar-refractivity contribution is 0.109. The molecular weight excluding hydrogens is 523 g/mol. The van der Waals surface area contributed by atoms with Crippen LogP contribution in [0, 0.1) is 0 Å². The summed E-state index contributed by atoms with van der Waals surface area (Å²) in [7, 11) is 0. The number of likely N-dealkylation sites (tertiary alicyclic amines) is 1. The first-order valence-electron chi connectivity index (χ1n) is 15.7. The van der Waals surface area contributed by atoms with Gasteiger partial charge in [-0.25, -0.2) is 4.39 Å². The monoisotopic (exact) mass is 578 g/mol. The molecule has 3 aliphatic heterocycles. The Labute approximate surface area is 255 Å². The second kappa shape index (κ2) is 22.4. The van der Waals surface area contributed by atoms with Crippen LogP contribution < -0.4 is 4.90 Å². The van der Waals surface area contributed by atoms with Crippen molar-refractivity contribution in [3.05, 3.63) is 84.2 Å². The van der Waals surface area contributed by atoms with Crippen LogP contribution in [0.3, 0.4) is 0 Å². The Morgan fingerprint density at radius 1 is 1.05 bits per heavy atom. The van der Waals surface area contributed by atoms with E-state index >= 15 is 0 Å². The van der Waals surface area contributed by atoms with E-state index in [1.807, 2.05) is 64.1 Å². The van der Waals surface area contributed by atoms with Crippen molar-refractivity contribution in [1.82, 2.24) is 9.80 Å². The summed E-state index contributed by atoms with van der Waals surface area (Å²) in [6.07, 6.45) is 17.9. The normalized spacial score (nSPS) is 17.7. The lowest BCUT2D eigenvalue weighted by Gasteiger charge is -2.43. The minimum atomic E-state index is -0.369. The molecule has 2 saturated heterocycles. The third kappa shape index (κ3) is 12.8. The van der Waals surface area contributed by atoms with Crippen LogP contribution in [0.15, 0.2) is 78.0 Å². The van der Waals surface area contributed by atoms with Crippen LogP contribution in [0.25, 0.3) is 6.08 Å². The zero-order chi connectivity index (χ0) is 31.2. The van der Waals surface area contributed by atoms with Gasteiger partial charge in [-0.3, -0.25) is 14.8 Å². The predicted molar refractivity (Wildman–Crippen MR) is 183 cm³/mol. The second-order valence-corrected chi connectivity index (χ2v) is 9.79. The summed E-state index contributed by atoms with van der Waals surface area (Å²) in [6, 6.07) is 4.41. The number of aromatic hydroxyl groups is 1. The maximum absolute atomic E-state index is 12.2. The molecule has 6 heteroatoms. The second-order valence-electron chi connectivity index (χ2n) is 9.79. The number of hydrogen-bond donors (Lipinski definition) is 1. The molecule has 3 aliphatic rings. The van der Waals surface area contributed by atoms with Crippen LogP contribution in [0.2, 0.25) is 0 Å². The van der Waals surface area contributed by atoms with Crippen molar-refractivity contribution >= 4 is 18.0 Å². The van der Waals surface area contributed by atoms with E-state index in [4.69, 9.17) is 0 Å². The third-order valence-electron chi connectivity index (χ3n) is 7.22. The van der Waals surface area contributed by atoms with Crippen molar-refractivity contribution in [3.63, 3.8) is 0 Å². The molecule has 1 N–H and O–H groups in total. The van der Waals surface area contributed by atoms with E-state index in [2.05, 4.69) is 45.5 Å². The van der Waals surface area contributed by atoms with Crippen molar-refractivity contribution in [2.24, 2.45) is 4.99 Å². The number of anilines is 1. The molecule has 5 nitrogen and oxygen atoms in total. The Bertz CT molecular complexity index is 1070. The molecule has 0 atom stereocenters. The summed E-state index contributed by atoms with van der Waals surface area (Å²) in [4.78, 5) is 11.5. The van der Waals surface area contributed by atoms with Crippen LogP contribution in [0.1, 0.15) is 58.6 Å². The van der Waals surface area contributed by atoms with Gasteiger partial charge in [0, 0.05) is 56.7 Å². The number of piperazine rings is 1. The molecule has 4 rings (SSSR count). The van der Waals surface area contributed by atoms with E-state index in [-0.39, 0.29) is 6.67 Å². The van der Waals surface area contributed by atoms with Crippen LogP contribution in [0.5, 0.6) is 5.75 Å². The zero-order valence-electron chi connectivity index (χ0n) is 26.9. The summed E-state index contributed by atoms with van der Waals surface area (Å²) < 4.78 is 12.2. The van der Waals surface area contributed by atoms with Crippen molar-refractivity contribution in [2.45, 2.75) is 59.9 Å². The van der Waals surface area contributed by atoms with E-state index in [0.29, 0.717) is 18.3 Å². The summed E-state index contributed by atoms with van der Waals surface area (Å²) in [5.74, 6) is 0.322. The molecule has 0 bridgehead atoms. The van der Waals surface area contributed by atoms with Gasteiger partial charge in [-0.15, -0.1) is 5.73 Å². The van der Waals surface area contributed by atoms with Crippen LogP contribution >= 0.6 is 0 Å². The molecule has 0 aromatic heterocycles. The molecule has 0 radical (unpaired) electrons. The zero-order valence-corrected chi connectivity index (χ0v) is 26.9. The van der Waals surface area contributed by atoms with E-state index in [9.17, 15) is 9.50 Å². The first kappa shape index (κ1) is 36.8. The average Bonchev–Trinajstić information content (AvgIpc) is 3.30. The van der Waals surface area contributed by atoms with E-state index in [0.717, 1.165) is 69.1 Å². The minimum Gasteiger partial charge on any atom is -0.508 e. The maximum Gasteiger partial charge on any atom is 0.118 e. The molecule has 0 unspecified atom stereocenters. The molecule has 0 saturated carbocycles. The molecule has 3 heterocycles. The summed E-state index contributed by atoms with van der Waals surface area (Å²) in [5.41, 5.74) is 7.43. The number of benzene rings is 1. The van der Waals surface area contributed by atoms with Crippen LogP contribution in [-0.2, 0) is 6.42 Å². The van der Waals surface area contributed by atoms with Gasteiger partial charge in [-0.1, -0.05) is 78.2 Å². The number of hydrogen-bond acceptors (Lipinski definition) is 5. The highest BCUT2D eigenvalue weighted by Gasteiger charge is 2.28. The Hall–Kier alpha value is -3.18.